The molecule has 0 spiro atoms. The Labute approximate surface area is 86.3 Å². The van der Waals surface area contributed by atoms with Crippen LogP contribution in [-0.2, 0) is 12.0 Å². The van der Waals surface area contributed by atoms with Crippen molar-refractivity contribution in [3.8, 4) is 0 Å². The van der Waals surface area contributed by atoms with Gasteiger partial charge in [-0.3, -0.25) is 0 Å². The molecule has 0 aromatic carbocycles. The van der Waals surface area contributed by atoms with Gasteiger partial charge in [0.1, 0.15) is 5.82 Å². The van der Waals surface area contributed by atoms with Crippen LogP contribution in [0.2, 0.25) is 0 Å². The van der Waals surface area contributed by atoms with Crippen LogP contribution in [0, 0.1) is 5.92 Å². The van der Waals surface area contributed by atoms with Gasteiger partial charge < -0.3 is 10.3 Å². The first-order chi connectivity index (χ1) is 6.32. The fourth-order valence-corrected chi connectivity index (χ4v) is 1.47. The van der Waals surface area contributed by atoms with Crippen LogP contribution in [0.15, 0.2) is 6.33 Å². The summed E-state index contributed by atoms with van der Waals surface area (Å²) in [5.41, 5.74) is 7.08. The Morgan fingerprint density at radius 1 is 1.43 bits per heavy atom. The first kappa shape index (κ1) is 11.1. The van der Waals surface area contributed by atoms with E-state index >= 15 is 0 Å². The van der Waals surface area contributed by atoms with Crippen LogP contribution in [0.5, 0.6) is 0 Å². The highest BCUT2D eigenvalue weighted by molar-refractivity contribution is 5.37. The summed E-state index contributed by atoms with van der Waals surface area (Å²) >= 11 is 0. The third-order valence-corrected chi connectivity index (χ3v) is 2.21. The fraction of sp³-hybridized carbons (Fsp3) is 0.727. The van der Waals surface area contributed by atoms with E-state index < -0.39 is 0 Å². The number of aromatic nitrogens is 2. The minimum absolute atomic E-state index is 0.0202. The molecule has 0 bridgehead atoms. The van der Waals surface area contributed by atoms with E-state index in [4.69, 9.17) is 5.73 Å². The standard InChI is InChI=1S/C11H21N3/c1-8(2)6-9-10(12)14(7-13-9)11(3,4)5/h7-8H,6,12H2,1-5H3. The van der Waals surface area contributed by atoms with Gasteiger partial charge in [-0.1, -0.05) is 13.8 Å². The van der Waals surface area contributed by atoms with Crippen molar-refractivity contribution in [3.63, 3.8) is 0 Å². The Morgan fingerprint density at radius 3 is 2.36 bits per heavy atom. The Morgan fingerprint density at radius 2 is 2.00 bits per heavy atom. The maximum atomic E-state index is 6.04. The molecule has 0 saturated heterocycles. The molecule has 0 atom stereocenters. The van der Waals surface area contributed by atoms with Crippen LogP contribution in [0.4, 0.5) is 5.82 Å². The summed E-state index contributed by atoms with van der Waals surface area (Å²) in [5.74, 6) is 1.41. The molecule has 0 aliphatic carbocycles. The van der Waals surface area contributed by atoms with E-state index in [-0.39, 0.29) is 5.54 Å². The summed E-state index contributed by atoms with van der Waals surface area (Å²) in [4.78, 5) is 4.36. The number of nitrogens with two attached hydrogens (primary N) is 1. The van der Waals surface area contributed by atoms with Crippen molar-refractivity contribution in [2.24, 2.45) is 5.92 Å². The van der Waals surface area contributed by atoms with Crippen LogP contribution in [-0.4, -0.2) is 9.55 Å². The van der Waals surface area contributed by atoms with Crippen molar-refractivity contribution in [3.05, 3.63) is 12.0 Å². The Balaban J connectivity index is 2.97. The van der Waals surface area contributed by atoms with Crippen molar-refractivity contribution < 1.29 is 0 Å². The number of nitrogen functional groups attached to an aromatic ring is 1. The Kier molecular flexibility index (Phi) is 2.88. The van der Waals surface area contributed by atoms with Gasteiger partial charge >= 0.3 is 0 Å². The SMILES string of the molecule is CC(C)Cc1ncn(C(C)(C)C)c1N. The topological polar surface area (TPSA) is 43.8 Å². The first-order valence-electron chi connectivity index (χ1n) is 5.14. The molecule has 1 rings (SSSR count). The summed E-state index contributed by atoms with van der Waals surface area (Å²) in [6, 6.07) is 0. The number of hydrogen-bond donors (Lipinski definition) is 1. The smallest absolute Gasteiger partial charge is 0.127 e. The quantitative estimate of drug-likeness (QED) is 0.787. The minimum atomic E-state index is 0.0202. The van der Waals surface area contributed by atoms with Gasteiger partial charge in [0.05, 0.1) is 12.0 Å². The van der Waals surface area contributed by atoms with Gasteiger partial charge in [0.15, 0.2) is 0 Å². The molecule has 0 aliphatic heterocycles. The Hall–Kier alpha value is -0.990. The van der Waals surface area contributed by atoms with E-state index in [1.165, 1.54) is 0 Å². The van der Waals surface area contributed by atoms with E-state index in [1.54, 1.807) is 0 Å². The summed E-state index contributed by atoms with van der Waals surface area (Å²) in [6.45, 7) is 10.7. The minimum Gasteiger partial charge on any atom is -0.384 e. The van der Waals surface area contributed by atoms with Gasteiger partial charge in [-0.15, -0.1) is 0 Å². The van der Waals surface area contributed by atoms with Gasteiger partial charge in [-0.25, -0.2) is 4.98 Å². The van der Waals surface area contributed by atoms with Gasteiger partial charge in [-0.2, -0.15) is 0 Å². The zero-order chi connectivity index (χ0) is 10.9. The molecule has 1 aromatic heterocycles. The number of anilines is 1. The molecule has 2 N–H and O–H groups in total. The molecular weight excluding hydrogens is 174 g/mol. The van der Waals surface area contributed by atoms with Crippen molar-refractivity contribution >= 4 is 5.82 Å². The number of rotatable bonds is 2. The summed E-state index contributed by atoms with van der Waals surface area (Å²) in [5, 5.41) is 0. The molecule has 14 heavy (non-hydrogen) atoms. The fourth-order valence-electron chi connectivity index (χ4n) is 1.47. The van der Waals surface area contributed by atoms with E-state index in [0.29, 0.717) is 5.92 Å². The monoisotopic (exact) mass is 195 g/mol. The van der Waals surface area contributed by atoms with Gasteiger partial charge in [0.25, 0.3) is 0 Å². The second-order valence-corrected chi connectivity index (χ2v) is 5.22. The second kappa shape index (κ2) is 3.64. The van der Waals surface area contributed by atoms with E-state index in [9.17, 15) is 0 Å². The molecule has 0 fully saturated rings. The zero-order valence-electron chi connectivity index (χ0n) is 9.83. The lowest BCUT2D eigenvalue weighted by atomic mass is 10.1. The summed E-state index contributed by atoms with van der Waals surface area (Å²) in [6.07, 6.45) is 2.79. The average molecular weight is 195 g/mol. The Bertz CT molecular complexity index is 305. The van der Waals surface area contributed by atoms with E-state index in [0.717, 1.165) is 17.9 Å². The molecule has 3 nitrogen and oxygen atoms in total. The van der Waals surface area contributed by atoms with Crippen molar-refractivity contribution in [1.29, 1.82) is 0 Å². The molecule has 0 saturated carbocycles. The normalized spacial score (nSPS) is 12.4. The maximum Gasteiger partial charge on any atom is 0.127 e. The van der Waals surface area contributed by atoms with Gasteiger partial charge in [0, 0.05) is 5.54 Å². The highest BCUT2D eigenvalue weighted by atomic mass is 15.2. The molecule has 80 valence electrons. The average Bonchev–Trinajstić information content (AvgIpc) is 2.30. The van der Waals surface area contributed by atoms with Crippen molar-refractivity contribution in [1.82, 2.24) is 9.55 Å². The molecule has 0 aliphatic rings. The van der Waals surface area contributed by atoms with Gasteiger partial charge in [-0.05, 0) is 33.1 Å². The highest BCUT2D eigenvalue weighted by Crippen LogP contribution is 2.22. The number of imidazole rings is 1. The third-order valence-electron chi connectivity index (χ3n) is 2.21. The molecule has 1 aromatic rings. The zero-order valence-corrected chi connectivity index (χ0v) is 9.83. The first-order valence-corrected chi connectivity index (χ1v) is 5.14. The number of hydrogen-bond acceptors (Lipinski definition) is 2. The predicted molar refractivity (Wildman–Crippen MR) is 60.2 cm³/mol. The lowest BCUT2D eigenvalue weighted by molar-refractivity contribution is 0.401. The number of nitrogens with zero attached hydrogens (tertiary/aromatic N) is 2. The molecule has 0 radical (unpaired) electrons. The molecule has 1 heterocycles. The van der Waals surface area contributed by atoms with E-state index in [2.05, 4.69) is 39.6 Å². The molecule has 0 amide bonds. The van der Waals surface area contributed by atoms with Crippen LogP contribution in [0.25, 0.3) is 0 Å². The lowest BCUT2D eigenvalue weighted by Gasteiger charge is -2.22. The molecule has 3 heteroatoms. The summed E-state index contributed by atoms with van der Waals surface area (Å²) in [7, 11) is 0. The molecular formula is C11H21N3. The second-order valence-electron chi connectivity index (χ2n) is 5.22. The van der Waals surface area contributed by atoms with Crippen LogP contribution >= 0.6 is 0 Å². The third kappa shape index (κ3) is 2.28. The predicted octanol–water partition coefficient (Wildman–Crippen LogP) is 2.42. The van der Waals surface area contributed by atoms with Crippen molar-refractivity contribution in [2.75, 3.05) is 5.73 Å². The maximum absolute atomic E-state index is 6.04. The molecule has 0 unspecified atom stereocenters. The highest BCUT2D eigenvalue weighted by Gasteiger charge is 2.18. The van der Waals surface area contributed by atoms with Crippen LogP contribution in [0.1, 0.15) is 40.3 Å². The van der Waals surface area contributed by atoms with E-state index in [1.807, 2.05) is 10.9 Å². The van der Waals surface area contributed by atoms with Gasteiger partial charge in [0.2, 0.25) is 0 Å². The van der Waals surface area contributed by atoms with Crippen molar-refractivity contribution in [2.45, 2.75) is 46.6 Å². The summed E-state index contributed by atoms with van der Waals surface area (Å²) < 4.78 is 2.03. The van der Waals surface area contributed by atoms with Crippen LogP contribution in [0.3, 0.4) is 0 Å². The van der Waals surface area contributed by atoms with Crippen LogP contribution < -0.4 is 5.73 Å². The largest absolute Gasteiger partial charge is 0.384 e. The lowest BCUT2D eigenvalue weighted by Crippen LogP contribution is -2.22.